The molecule has 0 N–H and O–H groups in total. The quantitative estimate of drug-likeness (QED) is 0.494. The van der Waals surface area contributed by atoms with Crippen molar-refractivity contribution in [2.24, 2.45) is 5.92 Å². The molecule has 0 aromatic rings. The Morgan fingerprint density at radius 2 is 2.08 bits per heavy atom. The maximum absolute atomic E-state index is 11.2. The van der Waals surface area contributed by atoms with Gasteiger partial charge in [0.15, 0.2) is 0 Å². The number of alkyl halides is 1. The van der Waals surface area contributed by atoms with Crippen molar-refractivity contribution in [1.82, 2.24) is 0 Å². The normalized spacial score (nSPS) is 13.0. The van der Waals surface area contributed by atoms with E-state index in [-0.39, 0.29) is 18.0 Å². The summed E-state index contributed by atoms with van der Waals surface area (Å²) in [5, 5.41) is 0. The van der Waals surface area contributed by atoms with Crippen molar-refractivity contribution in [2.45, 2.75) is 46.1 Å². The summed E-state index contributed by atoms with van der Waals surface area (Å²) in [5.41, 5.74) is 0. The molecule has 13 heavy (non-hydrogen) atoms. The van der Waals surface area contributed by atoms with Crippen LogP contribution in [0.4, 0.5) is 0 Å². The maximum Gasteiger partial charge on any atom is 0.306 e. The summed E-state index contributed by atoms with van der Waals surface area (Å²) in [4.78, 5) is 11.2. The van der Waals surface area contributed by atoms with Crippen LogP contribution in [0.1, 0.15) is 40.0 Å². The molecule has 3 heteroatoms. The summed E-state index contributed by atoms with van der Waals surface area (Å²) < 4.78 is 5.03. The van der Waals surface area contributed by atoms with E-state index in [9.17, 15) is 4.79 Å². The zero-order valence-corrected chi connectivity index (χ0v) is 9.43. The summed E-state index contributed by atoms with van der Waals surface area (Å²) in [5.74, 6) is 0.688. The van der Waals surface area contributed by atoms with Gasteiger partial charge in [-0.25, -0.2) is 0 Å². The fourth-order valence-electron chi connectivity index (χ4n) is 1.19. The van der Waals surface area contributed by atoms with Crippen molar-refractivity contribution < 1.29 is 9.53 Å². The molecule has 0 aliphatic heterocycles. The van der Waals surface area contributed by atoms with Crippen LogP contribution in [0.25, 0.3) is 0 Å². The first-order valence-corrected chi connectivity index (χ1v) is 5.39. The van der Waals surface area contributed by atoms with E-state index in [1.165, 1.54) is 0 Å². The minimum absolute atomic E-state index is 0.0231. The standard InChI is InChI=1S/C10H19ClO2/c1-4-5-9(7-11)6-10(12)13-8(2)3/h8-9H,4-7H2,1-3H3/t9-/m1/s1. The molecule has 0 unspecified atom stereocenters. The summed E-state index contributed by atoms with van der Waals surface area (Å²) in [6.45, 7) is 5.80. The van der Waals surface area contributed by atoms with Crippen LogP contribution < -0.4 is 0 Å². The number of ether oxygens (including phenoxy) is 1. The molecule has 0 aliphatic rings. The SMILES string of the molecule is CCC[C@@H](CCl)CC(=O)OC(C)C. The lowest BCUT2D eigenvalue weighted by Gasteiger charge is -2.13. The first-order chi connectivity index (χ1) is 6.10. The van der Waals surface area contributed by atoms with Gasteiger partial charge in [0.2, 0.25) is 0 Å². The van der Waals surface area contributed by atoms with Crippen LogP contribution in [0, 0.1) is 5.92 Å². The molecule has 0 spiro atoms. The van der Waals surface area contributed by atoms with Crippen LogP contribution in [0.3, 0.4) is 0 Å². The first kappa shape index (κ1) is 12.8. The maximum atomic E-state index is 11.2. The van der Waals surface area contributed by atoms with Gasteiger partial charge < -0.3 is 4.74 Å². The minimum atomic E-state index is -0.130. The van der Waals surface area contributed by atoms with Crippen molar-refractivity contribution >= 4 is 17.6 Å². The fourth-order valence-corrected chi connectivity index (χ4v) is 1.45. The highest BCUT2D eigenvalue weighted by Crippen LogP contribution is 2.14. The first-order valence-electron chi connectivity index (χ1n) is 4.85. The molecule has 0 amide bonds. The zero-order chi connectivity index (χ0) is 10.3. The van der Waals surface area contributed by atoms with Crippen molar-refractivity contribution in [2.75, 3.05) is 5.88 Å². The molecule has 1 atom stereocenters. The Morgan fingerprint density at radius 3 is 2.46 bits per heavy atom. The second kappa shape index (κ2) is 7.19. The van der Waals surface area contributed by atoms with Gasteiger partial charge in [0.25, 0.3) is 0 Å². The van der Waals surface area contributed by atoms with Gasteiger partial charge in [0.05, 0.1) is 6.10 Å². The number of rotatable bonds is 6. The van der Waals surface area contributed by atoms with E-state index in [1.54, 1.807) is 0 Å². The van der Waals surface area contributed by atoms with Crippen LogP contribution in [0.5, 0.6) is 0 Å². The highest BCUT2D eigenvalue weighted by Gasteiger charge is 2.13. The van der Waals surface area contributed by atoms with E-state index in [2.05, 4.69) is 6.92 Å². The zero-order valence-electron chi connectivity index (χ0n) is 8.68. The van der Waals surface area contributed by atoms with Gasteiger partial charge in [-0.3, -0.25) is 4.79 Å². The van der Waals surface area contributed by atoms with Gasteiger partial charge in [-0.2, -0.15) is 0 Å². The Morgan fingerprint density at radius 1 is 1.46 bits per heavy atom. The number of carbonyl (C=O) groups excluding carboxylic acids is 1. The van der Waals surface area contributed by atoms with Gasteiger partial charge >= 0.3 is 5.97 Å². The second-order valence-electron chi connectivity index (χ2n) is 3.55. The molecular weight excluding hydrogens is 188 g/mol. The largest absolute Gasteiger partial charge is 0.463 e. The van der Waals surface area contributed by atoms with Crippen molar-refractivity contribution in [3.8, 4) is 0 Å². The third-order valence-electron chi connectivity index (χ3n) is 1.74. The number of carbonyl (C=O) groups is 1. The average Bonchev–Trinajstić information content (AvgIpc) is 2.02. The summed E-state index contributed by atoms with van der Waals surface area (Å²) in [6.07, 6.45) is 2.49. The third kappa shape index (κ3) is 6.88. The summed E-state index contributed by atoms with van der Waals surface area (Å²) >= 11 is 5.72. The molecule has 0 aromatic carbocycles. The van der Waals surface area contributed by atoms with Crippen LogP contribution in [-0.2, 0) is 9.53 Å². The molecule has 0 heterocycles. The molecule has 0 radical (unpaired) electrons. The van der Waals surface area contributed by atoms with Gasteiger partial charge in [0.1, 0.15) is 0 Å². The Kier molecular flexibility index (Phi) is 7.06. The van der Waals surface area contributed by atoms with Crippen molar-refractivity contribution in [3.05, 3.63) is 0 Å². The fraction of sp³-hybridized carbons (Fsp3) is 0.900. The molecule has 0 fully saturated rings. The van der Waals surface area contributed by atoms with Crippen LogP contribution in [-0.4, -0.2) is 18.0 Å². The Hall–Kier alpha value is -0.240. The highest BCUT2D eigenvalue weighted by atomic mass is 35.5. The van der Waals surface area contributed by atoms with E-state index >= 15 is 0 Å². The number of hydrogen-bond acceptors (Lipinski definition) is 2. The lowest BCUT2D eigenvalue weighted by molar-refractivity contribution is -0.148. The molecule has 0 aliphatic carbocycles. The molecule has 0 bridgehead atoms. The Balaban J connectivity index is 3.73. The van der Waals surface area contributed by atoms with Crippen LogP contribution in [0.2, 0.25) is 0 Å². The van der Waals surface area contributed by atoms with Crippen molar-refractivity contribution in [1.29, 1.82) is 0 Å². The molecule has 0 saturated carbocycles. The second-order valence-corrected chi connectivity index (χ2v) is 3.86. The van der Waals surface area contributed by atoms with Gasteiger partial charge in [-0.1, -0.05) is 13.3 Å². The number of halogens is 1. The Bertz CT molecular complexity index is 146. The highest BCUT2D eigenvalue weighted by molar-refractivity contribution is 6.18. The lowest BCUT2D eigenvalue weighted by Crippen LogP contribution is -2.16. The summed E-state index contributed by atoms with van der Waals surface area (Å²) in [6, 6.07) is 0. The predicted octanol–water partition coefficient (Wildman–Crippen LogP) is 2.98. The van der Waals surface area contributed by atoms with Gasteiger partial charge in [0, 0.05) is 12.3 Å². The van der Waals surface area contributed by atoms with Gasteiger partial charge in [-0.15, -0.1) is 11.6 Å². The van der Waals surface area contributed by atoms with E-state index in [0.717, 1.165) is 12.8 Å². The lowest BCUT2D eigenvalue weighted by atomic mass is 10.0. The van der Waals surface area contributed by atoms with Crippen LogP contribution >= 0.6 is 11.6 Å². The average molecular weight is 207 g/mol. The van der Waals surface area contributed by atoms with E-state index < -0.39 is 0 Å². The molecule has 2 nitrogen and oxygen atoms in total. The number of hydrogen-bond donors (Lipinski definition) is 0. The van der Waals surface area contributed by atoms with E-state index in [4.69, 9.17) is 16.3 Å². The molecule has 0 aromatic heterocycles. The predicted molar refractivity (Wildman–Crippen MR) is 55.0 cm³/mol. The molecule has 78 valence electrons. The molecule has 0 rings (SSSR count). The number of esters is 1. The smallest absolute Gasteiger partial charge is 0.306 e. The monoisotopic (exact) mass is 206 g/mol. The van der Waals surface area contributed by atoms with Crippen molar-refractivity contribution in [3.63, 3.8) is 0 Å². The Labute approximate surface area is 85.6 Å². The van der Waals surface area contributed by atoms with E-state index in [1.807, 2.05) is 13.8 Å². The van der Waals surface area contributed by atoms with Gasteiger partial charge in [-0.05, 0) is 26.2 Å². The van der Waals surface area contributed by atoms with Crippen LogP contribution in [0.15, 0.2) is 0 Å². The topological polar surface area (TPSA) is 26.3 Å². The van der Waals surface area contributed by atoms with E-state index in [0.29, 0.717) is 12.3 Å². The summed E-state index contributed by atoms with van der Waals surface area (Å²) in [7, 11) is 0. The molecule has 0 saturated heterocycles. The minimum Gasteiger partial charge on any atom is -0.463 e. The molecular formula is C10H19ClO2. The third-order valence-corrected chi connectivity index (χ3v) is 2.17.